The maximum atomic E-state index is 10.3. The van der Waals surface area contributed by atoms with Gasteiger partial charge in [0.15, 0.2) is 0 Å². The van der Waals surface area contributed by atoms with Gasteiger partial charge in [-0.2, -0.15) is 0 Å². The molecule has 6 aromatic carbocycles. The molecule has 1 atom stereocenters. The molecule has 0 aromatic heterocycles. The molecular formula is C43H30Br6I6O5. The van der Waals surface area contributed by atoms with Gasteiger partial charge in [-0.3, -0.25) is 0 Å². The minimum absolute atomic E-state index is 0.0561. The van der Waals surface area contributed by atoms with E-state index < -0.39 is 10.8 Å². The summed E-state index contributed by atoms with van der Waals surface area (Å²) < 4.78 is 15.7. The van der Waals surface area contributed by atoms with E-state index in [1.54, 1.807) is 7.11 Å². The van der Waals surface area contributed by atoms with E-state index >= 15 is 0 Å². The van der Waals surface area contributed by atoms with Crippen LogP contribution >= 0.6 is 231 Å². The first-order valence-corrected chi connectivity index (χ1v) is 28.4. The van der Waals surface area contributed by atoms with Crippen LogP contribution in [0, 0.1) is 28.3 Å². The zero-order chi connectivity index (χ0) is 44.8. The van der Waals surface area contributed by atoms with Crippen LogP contribution < -0.4 is 4.74 Å². The molecule has 17 heteroatoms. The van der Waals surface area contributed by atoms with Crippen molar-refractivity contribution in [1.82, 2.24) is 0 Å². The molecule has 0 aliphatic heterocycles. The van der Waals surface area contributed by atoms with E-state index in [-0.39, 0.29) is 23.9 Å². The summed E-state index contributed by atoms with van der Waals surface area (Å²) in [5.74, 6) is 1.58. The number of aliphatic hydroxyl groups is 1. The molecule has 0 spiro atoms. The Morgan fingerprint density at radius 3 is 0.933 bits per heavy atom. The number of aliphatic hydroxyl groups excluding tert-OH is 1. The van der Waals surface area contributed by atoms with Gasteiger partial charge in [-0.25, -0.2) is 0 Å². The highest BCUT2D eigenvalue weighted by atomic mass is 127. The summed E-state index contributed by atoms with van der Waals surface area (Å²) in [6.45, 7) is 6.35. The fourth-order valence-electron chi connectivity index (χ4n) is 6.58. The van der Waals surface area contributed by atoms with Crippen molar-refractivity contribution in [2.24, 2.45) is 0 Å². The number of phenols is 3. The number of phenolic OH excluding ortho intramolecular Hbond substituents is 3. The number of methoxy groups -OCH3 is 1. The van der Waals surface area contributed by atoms with Gasteiger partial charge in [0.25, 0.3) is 0 Å². The van der Waals surface area contributed by atoms with Crippen molar-refractivity contribution < 1.29 is 25.2 Å². The summed E-state index contributed by atoms with van der Waals surface area (Å²) in [5.41, 5.74) is 7.20. The summed E-state index contributed by atoms with van der Waals surface area (Å²) in [4.78, 5) is 0. The van der Waals surface area contributed by atoms with Crippen molar-refractivity contribution in [3.63, 3.8) is 0 Å². The number of hydrogen-bond acceptors (Lipinski definition) is 5. The maximum Gasteiger partial charge on any atom is 0.147 e. The Kier molecular flexibility index (Phi) is 19.1. The summed E-state index contributed by atoms with van der Waals surface area (Å²) in [5, 5.41) is 40.7. The molecule has 0 amide bonds. The second-order valence-corrected chi connectivity index (χ2v) is 25.8. The highest BCUT2D eigenvalue weighted by molar-refractivity contribution is 14.1. The number of benzene rings is 6. The molecule has 0 saturated heterocycles. The molecular weight excluding hydrogens is 1840 g/mol. The standard InChI is InChI=1S/C23H18Br6O2.C20H12I6O3/c1-11-16(24)4-12(5-17(11)25)23(2,13-6-18(26)15(10-30)19(27)7-13)14-8-20(28)22(31-3)21(29)9-14;1-20(8-2-11(21)17(27)12(22)3-8,9-4-13(23)18(28)14(24)5-9)10-6-15(25)19(29)16(26)7-10/h4-9,30H,10H2,1-3H3;2-7,27-29H,1H3/t23-;/m0./s1. The predicted octanol–water partition coefficient (Wildman–Crippen LogP) is 17.2. The smallest absolute Gasteiger partial charge is 0.147 e. The predicted molar refractivity (Wildman–Crippen MR) is 314 cm³/mol. The average molecular weight is 1870 g/mol. The van der Waals surface area contributed by atoms with Gasteiger partial charge < -0.3 is 25.2 Å². The molecule has 0 heterocycles. The molecule has 5 nitrogen and oxygen atoms in total. The van der Waals surface area contributed by atoms with Crippen molar-refractivity contribution in [2.75, 3.05) is 7.11 Å². The number of hydrogen-bond donors (Lipinski definition) is 4. The van der Waals surface area contributed by atoms with Crippen molar-refractivity contribution >= 4 is 231 Å². The number of rotatable bonds is 8. The summed E-state index contributed by atoms with van der Waals surface area (Å²) in [6.07, 6.45) is 0. The Labute approximate surface area is 481 Å². The Morgan fingerprint density at radius 2 is 0.683 bits per heavy atom. The Morgan fingerprint density at radius 1 is 0.450 bits per heavy atom. The highest BCUT2D eigenvalue weighted by Crippen LogP contribution is 2.49. The van der Waals surface area contributed by atoms with Crippen molar-refractivity contribution in [3.8, 4) is 23.0 Å². The van der Waals surface area contributed by atoms with Crippen LogP contribution in [0.25, 0.3) is 0 Å². The topological polar surface area (TPSA) is 90.2 Å². The van der Waals surface area contributed by atoms with Crippen LogP contribution in [-0.4, -0.2) is 27.5 Å². The molecule has 316 valence electrons. The lowest BCUT2D eigenvalue weighted by atomic mass is 9.71. The van der Waals surface area contributed by atoms with Crippen LogP contribution in [-0.2, 0) is 17.4 Å². The quantitative estimate of drug-likeness (QED) is 0.0901. The largest absolute Gasteiger partial charge is 0.506 e. The van der Waals surface area contributed by atoms with Gasteiger partial charge in [-0.05, 0) is 300 Å². The van der Waals surface area contributed by atoms with Crippen LogP contribution in [0.4, 0.5) is 0 Å². The number of halogens is 12. The minimum Gasteiger partial charge on any atom is -0.506 e. The van der Waals surface area contributed by atoms with Crippen LogP contribution in [0.3, 0.4) is 0 Å². The number of aromatic hydroxyl groups is 3. The van der Waals surface area contributed by atoms with Crippen LogP contribution in [0.2, 0.25) is 0 Å². The third-order valence-electron chi connectivity index (χ3n) is 10.3. The van der Waals surface area contributed by atoms with E-state index in [2.05, 4.69) is 288 Å². The molecule has 0 aliphatic rings. The lowest BCUT2D eigenvalue weighted by Gasteiger charge is -2.34. The van der Waals surface area contributed by atoms with E-state index in [1.807, 2.05) is 36.4 Å². The van der Waals surface area contributed by atoms with E-state index in [9.17, 15) is 20.4 Å². The third kappa shape index (κ3) is 10.9. The fourth-order valence-corrected chi connectivity index (χ4v) is 16.0. The van der Waals surface area contributed by atoms with Crippen molar-refractivity contribution in [2.45, 2.75) is 38.2 Å². The monoisotopic (exact) mass is 1860 g/mol. The first-order valence-electron chi connectivity index (χ1n) is 17.1. The van der Waals surface area contributed by atoms with Crippen LogP contribution in [0.1, 0.15) is 58.4 Å². The molecule has 6 rings (SSSR count). The zero-order valence-corrected chi connectivity index (χ0v) is 53.8. The Hall–Kier alpha value is 1.74. The van der Waals surface area contributed by atoms with Crippen molar-refractivity contribution in [1.29, 1.82) is 0 Å². The van der Waals surface area contributed by atoms with Gasteiger partial charge in [0.1, 0.15) is 23.0 Å². The van der Waals surface area contributed by atoms with Gasteiger partial charge in [-0.15, -0.1) is 0 Å². The Balaban J connectivity index is 0.000000228. The molecule has 0 saturated carbocycles. The van der Waals surface area contributed by atoms with Gasteiger partial charge >= 0.3 is 0 Å². The molecule has 0 unspecified atom stereocenters. The molecule has 60 heavy (non-hydrogen) atoms. The lowest BCUT2D eigenvalue weighted by molar-refractivity contribution is 0.280. The summed E-state index contributed by atoms with van der Waals surface area (Å²) in [6, 6.07) is 24.6. The molecule has 0 fully saturated rings. The average Bonchev–Trinajstić information content (AvgIpc) is 3.18. The van der Waals surface area contributed by atoms with Gasteiger partial charge in [0.2, 0.25) is 0 Å². The van der Waals surface area contributed by atoms with Gasteiger partial charge in [0, 0.05) is 34.3 Å². The zero-order valence-electron chi connectivity index (χ0n) is 31.4. The second kappa shape index (κ2) is 21.8. The lowest BCUT2D eigenvalue weighted by Crippen LogP contribution is -2.26. The first-order chi connectivity index (χ1) is 28.0. The van der Waals surface area contributed by atoms with Gasteiger partial charge in [-0.1, -0.05) is 63.7 Å². The molecule has 0 radical (unpaired) electrons. The third-order valence-corrected chi connectivity index (χ3v) is 19.5. The van der Waals surface area contributed by atoms with E-state index in [0.717, 1.165) is 98.5 Å². The molecule has 0 bridgehead atoms. The van der Waals surface area contributed by atoms with Gasteiger partial charge in [0.05, 0.1) is 44.1 Å². The first kappa shape index (κ1) is 52.7. The molecule has 0 aliphatic carbocycles. The normalized spacial score (nSPS) is 12.5. The van der Waals surface area contributed by atoms with Crippen molar-refractivity contribution in [3.05, 3.63) is 166 Å². The minimum atomic E-state index is -0.561. The summed E-state index contributed by atoms with van der Waals surface area (Å²) >= 11 is 34.9. The summed E-state index contributed by atoms with van der Waals surface area (Å²) in [7, 11) is 1.65. The highest BCUT2D eigenvalue weighted by Gasteiger charge is 2.36. The van der Waals surface area contributed by atoms with E-state index in [4.69, 9.17) is 4.74 Å². The second-order valence-electron chi connectivity index (χ2n) is 13.7. The van der Waals surface area contributed by atoms with Crippen LogP contribution in [0.5, 0.6) is 23.0 Å². The van der Waals surface area contributed by atoms with E-state index in [0.29, 0.717) is 0 Å². The fraction of sp³-hybridized carbons (Fsp3) is 0.163. The molecule has 4 N–H and O–H groups in total. The van der Waals surface area contributed by atoms with Crippen LogP contribution in [0.15, 0.2) is 99.6 Å². The Bertz CT molecular complexity index is 2320. The molecule has 6 aromatic rings. The van der Waals surface area contributed by atoms with E-state index in [1.165, 1.54) is 0 Å². The SMILES string of the molecule is CC(c1cc(I)c(O)c(I)c1)(c1cc(I)c(O)c(I)c1)c1cc(I)c(O)c(I)c1.COc1c(Br)cc([C@@](C)(c2cc(Br)c(C)c(Br)c2)c2cc(Br)c(CO)c(Br)c2)cc1Br. The maximum absolute atomic E-state index is 10.3. The number of ether oxygens (including phenoxy) is 1.